The van der Waals surface area contributed by atoms with Crippen molar-refractivity contribution in [2.45, 2.75) is 46.1 Å². The van der Waals surface area contributed by atoms with Crippen LogP contribution in [0.4, 0.5) is 5.69 Å². The molecule has 1 amide bonds. The Morgan fingerprint density at radius 1 is 1.24 bits per heavy atom. The quantitative estimate of drug-likeness (QED) is 0.566. The minimum Gasteiger partial charge on any atom is -0.486 e. The van der Waals surface area contributed by atoms with Crippen LogP contribution in [-0.4, -0.2) is 17.3 Å². The van der Waals surface area contributed by atoms with Gasteiger partial charge in [-0.2, -0.15) is 0 Å². The fourth-order valence-electron chi connectivity index (χ4n) is 3.73. The largest absolute Gasteiger partial charge is 0.486 e. The second-order valence-electron chi connectivity index (χ2n) is 7.81. The molecule has 0 saturated carbocycles. The number of hydrogen-bond donors (Lipinski definition) is 1. The molecule has 5 nitrogen and oxygen atoms in total. The predicted molar refractivity (Wildman–Crippen MR) is 113 cm³/mol. The summed E-state index contributed by atoms with van der Waals surface area (Å²) in [6.07, 6.45) is 1.02. The minimum atomic E-state index is -0.516. The molecule has 1 N–H and O–H groups in total. The Balaban J connectivity index is 1.76. The fraction of sp³-hybridized carbons (Fsp3) is 0.304. The molecule has 0 bridgehead atoms. The van der Waals surface area contributed by atoms with Crippen LogP contribution in [0.3, 0.4) is 0 Å². The smallest absolute Gasteiger partial charge is 0.291 e. The lowest BCUT2D eigenvalue weighted by Crippen LogP contribution is -2.38. The number of halogens is 1. The zero-order valence-electron chi connectivity index (χ0n) is 16.8. The number of anilines is 1. The van der Waals surface area contributed by atoms with E-state index in [4.69, 9.17) is 20.8 Å². The van der Waals surface area contributed by atoms with Crippen LogP contribution in [0.15, 0.2) is 34.7 Å². The van der Waals surface area contributed by atoms with Crippen molar-refractivity contribution in [3.63, 3.8) is 0 Å². The third kappa shape index (κ3) is 3.29. The number of benzene rings is 2. The number of fused-ring (bicyclic) bond motifs is 3. The highest BCUT2D eigenvalue weighted by atomic mass is 35.5. The van der Waals surface area contributed by atoms with Crippen LogP contribution in [0, 0.1) is 13.8 Å². The molecule has 3 aromatic rings. The van der Waals surface area contributed by atoms with Gasteiger partial charge in [-0.3, -0.25) is 9.59 Å². The number of rotatable bonds is 3. The van der Waals surface area contributed by atoms with Gasteiger partial charge in [0.15, 0.2) is 11.5 Å². The third-order valence-electron chi connectivity index (χ3n) is 5.55. The van der Waals surface area contributed by atoms with Crippen LogP contribution < -0.4 is 10.1 Å². The maximum atomic E-state index is 12.9. The molecule has 1 aromatic heterocycles. The number of nitrogens with one attached hydrogen (secondary N) is 1. The highest BCUT2D eigenvalue weighted by Gasteiger charge is 2.37. The van der Waals surface area contributed by atoms with Crippen LogP contribution in [-0.2, 0) is 0 Å². The van der Waals surface area contributed by atoms with Gasteiger partial charge in [0, 0.05) is 10.9 Å². The molecule has 29 heavy (non-hydrogen) atoms. The fourth-order valence-corrected chi connectivity index (χ4v) is 4.01. The summed E-state index contributed by atoms with van der Waals surface area (Å²) in [6, 6.07) is 8.87. The Bertz CT molecular complexity index is 1160. The zero-order chi connectivity index (χ0) is 20.9. The van der Waals surface area contributed by atoms with Gasteiger partial charge in [0.25, 0.3) is 5.91 Å². The van der Waals surface area contributed by atoms with E-state index in [0.29, 0.717) is 45.0 Å². The maximum Gasteiger partial charge on any atom is 0.291 e. The Hall–Kier alpha value is -2.79. The standard InChI is InChI=1S/C23H22ClNO4/c1-5-23(4)11-16(26)20-18(29-23)9-8-17-19(20)13(3)21(28-17)22(27)25-15-7-6-12(2)10-14(15)24/h6-10H,5,11H2,1-4H3,(H,25,27)/t23-/m1/s1. The van der Waals surface area contributed by atoms with E-state index in [1.165, 1.54) is 0 Å². The maximum absolute atomic E-state index is 12.9. The Labute approximate surface area is 174 Å². The monoisotopic (exact) mass is 411 g/mol. The highest BCUT2D eigenvalue weighted by Crippen LogP contribution is 2.41. The van der Waals surface area contributed by atoms with Gasteiger partial charge < -0.3 is 14.5 Å². The number of aryl methyl sites for hydroxylation is 2. The van der Waals surface area contributed by atoms with Crippen molar-refractivity contribution in [1.29, 1.82) is 0 Å². The SMILES string of the molecule is CC[C@]1(C)CC(=O)c2c(ccc3oc(C(=O)Nc4ccc(C)cc4Cl)c(C)c23)O1. The molecule has 0 spiro atoms. The molecule has 150 valence electrons. The first kappa shape index (κ1) is 19.5. The minimum absolute atomic E-state index is 0.00126. The van der Waals surface area contributed by atoms with E-state index in [9.17, 15) is 9.59 Å². The average Bonchev–Trinajstić information content (AvgIpc) is 3.00. The van der Waals surface area contributed by atoms with Crippen molar-refractivity contribution in [3.8, 4) is 5.75 Å². The first-order valence-electron chi connectivity index (χ1n) is 9.58. The molecule has 0 fully saturated rings. The van der Waals surface area contributed by atoms with Gasteiger partial charge in [-0.05, 0) is 57.0 Å². The number of amides is 1. The lowest BCUT2D eigenvalue weighted by atomic mass is 9.87. The molecule has 4 rings (SSSR count). The van der Waals surface area contributed by atoms with Gasteiger partial charge in [-0.25, -0.2) is 0 Å². The Morgan fingerprint density at radius 3 is 2.69 bits per heavy atom. The summed E-state index contributed by atoms with van der Waals surface area (Å²) in [6.45, 7) is 7.63. The average molecular weight is 412 g/mol. The van der Waals surface area contributed by atoms with E-state index in [2.05, 4.69) is 5.32 Å². The molecule has 6 heteroatoms. The first-order chi connectivity index (χ1) is 13.7. The number of ether oxygens (including phenoxy) is 1. The van der Waals surface area contributed by atoms with Crippen molar-refractivity contribution in [1.82, 2.24) is 0 Å². The van der Waals surface area contributed by atoms with Gasteiger partial charge in [-0.15, -0.1) is 0 Å². The molecule has 0 unspecified atom stereocenters. The summed E-state index contributed by atoms with van der Waals surface area (Å²) in [7, 11) is 0. The van der Waals surface area contributed by atoms with Crippen LogP contribution in [0.1, 0.15) is 58.7 Å². The topological polar surface area (TPSA) is 68.5 Å². The summed E-state index contributed by atoms with van der Waals surface area (Å²) in [5, 5.41) is 3.87. The van der Waals surface area contributed by atoms with Gasteiger partial charge in [0.05, 0.1) is 22.7 Å². The van der Waals surface area contributed by atoms with Gasteiger partial charge in [-0.1, -0.05) is 24.6 Å². The van der Waals surface area contributed by atoms with E-state index in [-0.39, 0.29) is 11.5 Å². The molecular formula is C23H22ClNO4. The molecule has 1 atom stereocenters. The summed E-state index contributed by atoms with van der Waals surface area (Å²) >= 11 is 6.23. The number of Topliss-reactive ketones (excluding diaryl/α,β-unsaturated/α-hetero) is 1. The van der Waals surface area contributed by atoms with Crippen molar-refractivity contribution in [2.75, 3.05) is 5.32 Å². The van der Waals surface area contributed by atoms with E-state index in [1.807, 2.05) is 26.8 Å². The van der Waals surface area contributed by atoms with Crippen molar-refractivity contribution in [3.05, 3.63) is 57.8 Å². The van der Waals surface area contributed by atoms with Crippen molar-refractivity contribution in [2.24, 2.45) is 0 Å². The molecule has 2 heterocycles. The first-order valence-corrected chi connectivity index (χ1v) is 9.96. The van der Waals surface area contributed by atoms with Gasteiger partial charge >= 0.3 is 0 Å². The van der Waals surface area contributed by atoms with Crippen LogP contribution in [0.25, 0.3) is 11.0 Å². The zero-order valence-corrected chi connectivity index (χ0v) is 17.6. The van der Waals surface area contributed by atoms with Crippen molar-refractivity contribution >= 4 is 39.9 Å². The summed E-state index contributed by atoms with van der Waals surface area (Å²) in [5.41, 5.74) is 2.56. The second kappa shape index (κ2) is 6.92. The third-order valence-corrected chi connectivity index (χ3v) is 5.87. The summed E-state index contributed by atoms with van der Waals surface area (Å²) in [5.74, 6) is 0.275. The molecule has 0 saturated heterocycles. The van der Waals surface area contributed by atoms with E-state index >= 15 is 0 Å². The van der Waals surface area contributed by atoms with Crippen LogP contribution in [0.5, 0.6) is 5.75 Å². The van der Waals surface area contributed by atoms with Crippen LogP contribution in [0.2, 0.25) is 5.02 Å². The molecule has 0 radical (unpaired) electrons. The van der Waals surface area contributed by atoms with E-state index in [0.717, 1.165) is 12.0 Å². The summed E-state index contributed by atoms with van der Waals surface area (Å²) < 4.78 is 11.9. The Kier molecular flexibility index (Phi) is 4.66. The number of hydrogen-bond acceptors (Lipinski definition) is 4. The summed E-state index contributed by atoms with van der Waals surface area (Å²) in [4.78, 5) is 25.8. The normalized spacial score (nSPS) is 18.4. The van der Waals surface area contributed by atoms with Gasteiger partial charge in [0.1, 0.15) is 16.9 Å². The van der Waals surface area contributed by atoms with E-state index < -0.39 is 11.5 Å². The van der Waals surface area contributed by atoms with Gasteiger partial charge in [0.2, 0.25) is 0 Å². The lowest BCUT2D eigenvalue weighted by molar-refractivity contribution is 0.0503. The molecular weight excluding hydrogens is 390 g/mol. The highest BCUT2D eigenvalue weighted by molar-refractivity contribution is 6.34. The van der Waals surface area contributed by atoms with E-state index in [1.54, 1.807) is 31.2 Å². The van der Waals surface area contributed by atoms with Crippen molar-refractivity contribution < 1.29 is 18.7 Å². The molecule has 2 aromatic carbocycles. The molecule has 1 aliphatic heterocycles. The van der Waals surface area contributed by atoms with Crippen LogP contribution >= 0.6 is 11.6 Å². The number of carbonyl (C=O) groups excluding carboxylic acids is 2. The number of ketones is 1. The molecule has 0 aliphatic carbocycles. The number of furan rings is 1. The Morgan fingerprint density at radius 2 is 2.00 bits per heavy atom. The number of carbonyl (C=O) groups is 2. The molecule has 1 aliphatic rings. The second-order valence-corrected chi connectivity index (χ2v) is 8.22. The lowest BCUT2D eigenvalue weighted by Gasteiger charge is -2.34. The predicted octanol–water partition coefficient (Wildman–Crippen LogP) is 6.09.